The first-order valence-corrected chi connectivity index (χ1v) is 7.69. The summed E-state index contributed by atoms with van der Waals surface area (Å²) >= 11 is 0. The van der Waals surface area contributed by atoms with E-state index in [4.69, 9.17) is 5.73 Å². The maximum absolute atomic E-state index is 12.3. The van der Waals surface area contributed by atoms with Crippen molar-refractivity contribution >= 4 is 5.91 Å². The Kier molecular flexibility index (Phi) is 5.43. The Morgan fingerprint density at radius 1 is 1.26 bits per heavy atom. The van der Waals surface area contributed by atoms with Crippen LogP contribution in [0.1, 0.15) is 60.8 Å². The topological polar surface area (TPSA) is 55.1 Å². The van der Waals surface area contributed by atoms with Gasteiger partial charge in [0.1, 0.15) is 0 Å². The summed E-state index contributed by atoms with van der Waals surface area (Å²) in [6.07, 6.45) is 3.58. The zero-order valence-electron chi connectivity index (χ0n) is 13.5. The van der Waals surface area contributed by atoms with Crippen molar-refractivity contribution in [2.75, 3.05) is 0 Å². The third-order valence-corrected chi connectivity index (χ3v) is 4.57. The molecule has 4 atom stereocenters. The minimum absolute atomic E-state index is 0.0113. The molecule has 1 rings (SSSR count). The first kappa shape index (κ1) is 16.5. The number of carbonyl (C=O) groups excluding carboxylic acids is 1. The van der Waals surface area contributed by atoms with Crippen LogP contribution >= 0.6 is 0 Å². The van der Waals surface area contributed by atoms with E-state index >= 15 is 0 Å². The van der Waals surface area contributed by atoms with Gasteiger partial charge in [-0.3, -0.25) is 4.79 Å². The predicted octanol–water partition coefficient (Wildman–Crippen LogP) is 2.94. The van der Waals surface area contributed by atoms with Gasteiger partial charge in [0.05, 0.1) is 6.04 Å². The van der Waals surface area contributed by atoms with Crippen LogP contribution in [0.15, 0.2) is 0 Å². The van der Waals surface area contributed by atoms with E-state index in [-0.39, 0.29) is 11.3 Å². The molecular formula is C16H32N2O. The molecule has 1 saturated carbocycles. The second-order valence-electron chi connectivity index (χ2n) is 7.78. The summed E-state index contributed by atoms with van der Waals surface area (Å²) < 4.78 is 0. The Morgan fingerprint density at radius 3 is 2.32 bits per heavy atom. The fourth-order valence-corrected chi connectivity index (χ4v) is 3.03. The highest BCUT2D eigenvalue weighted by Gasteiger charge is 2.34. The molecule has 3 N–H and O–H groups in total. The molecule has 0 spiro atoms. The molecule has 0 saturated heterocycles. The largest absolute Gasteiger partial charge is 0.352 e. The van der Waals surface area contributed by atoms with Crippen LogP contribution in [0.4, 0.5) is 0 Å². The maximum atomic E-state index is 12.3. The van der Waals surface area contributed by atoms with Gasteiger partial charge in [0.15, 0.2) is 0 Å². The Hall–Kier alpha value is -0.570. The van der Waals surface area contributed by atoms with Gasteiger partial charge in [-0.1, -0.05) is 48.0 Å². The van der Waals surface area contributed by atoms with Crippen LogP contribution in [0.5, 0.6) is 0 Å². The van der Waals surface area contributed by atoms with Gasteiger partial charge in [-0.2, -0.15) is 0 Å². The summed E-state index contributed by atoms with van der Waals surface area (Å²) in [4.78, 5) is 12.3. The van der Waals surface area contributed by atoms with Gasteiger partial charge in [0.25, 0.3) is 0 Å². The zero-order chi connectivity index (χ0) is 14.8. The molecule has 0 aromatic rings. The summed E-state index contributed by atoms with van der Waals surface area (Å²) in [6, 6.07) is -0.137. The molecule has 0 aromatic carbocycles. The van der Waals surface area contributed by atoms with Crippen molar-refractivity contribution in [1.29, 1.82) is 0 Å². The first-order chi connectivity index (χ1) is 8.62. The van der Waals surface area contributed by atoms with Crippen LogP contribution in [0.3, 0.4) is 0 Å². The van der Waals surface area contributed by atoms with Crippen molar-refractivity contribution in [2.24, 2.45) is 28.9 Å². The van der Waals surface area contributed by atoms with E-state index in [1.807, 2.05) is 20.8 Å². The lowest BCUT2D eigenvalue weighted by Gasteiger charge is -2.39. The van der Waals surface area contributed by atoms with Crippen LogP contribution in [0.25, 0.3) is 0 Å². The number of hydrogen-bond donors (Lipinski definition) is 2. The minimum atomic E-state index is -0.433. The van der Waals surface area contributed by atoms with Crippen molar-refractivity contribution in [3.05, 3.63) is 0 Å². The molecule has 1 amide bonds. The van der Waals surface area contributed by atoms with E-state index in [1.165, 1.54) is 12.8 Å². The molecule has 3 heteroatoms. The molecule has 1 aliphatic carbocycles. The van der Waals surface area contributed by atoms with Crippen molar-refractivity contribution in [3.8, 4) is 0 Å². The number of nitrogens with two attached hydrogens (primary N) is 1. The minimum Gasteiger partial charge on any atom is -0.352 e. The van der Waals surface area contributed by atoms with E-state index in [1.54, 1.807) is 0 Å². The normalized spacial score (nSPS) is 30.2. The Morgan fingerprint density at radius 2 is 1.84 bits per heavy atom. The van der Waals surface area contributed by atoms with E-state index in [0.717, 1.165) is 6.42 Å². The average Bonchev–Trinajstić information content (AvgIpc) is 2.26. The second-order valence-corrected chi connectivity index (χ2v) is 7.78. The van der Waals surface area contributed by atoms with Crippen molar-refractivity contribution in [1.82, 2.24) is 5.32 Å². The summed E-state index contributed by atoms with van der Waals surface area (Å²) in [5, 5.41) is 3.22. The van der Waals surface area contributed by atoms with E-state index in [9.17, 15) is 4.79 Å². The fraction of sp³-hybridized carbons (Fsp3) is 0.938. The maximum Gasteiger partial charge on any atom is 0.237 e. The summed E-state index contributed by atoms with van der Waals surface area (Å²) in [5.41, 5.74) is 5.87. The molecule has 0 aliphatic heterocycles. The van der Waals surface area contributed by atoms with Crippen LogP contribution in [0, 0.1) is 23.2 Å². The Bertz CT molecular complexity index is 306. The Labute approximate surface area is 118 Å². The molecule has 0 aromatic heterocycles. The van der Waals surface area contributed by atoms with E-state index in [2.05, 4.69) is 26.1 Å². The standard InChI is InChI=1S/C16H32N2O/c1-10(2)12-8-7-11(3)9-13(12)18-15(19)14(17)16(4,5)6/h10-14H,7-9,17H2,1-6H3,(H,18,19)/t11?,12?,13?,14-/m1/s1. The molecular weight excluding hydrogens is 236 g/mol. The molecule has 112 valence electrons. The molecule has 3 unspecified atom stereocenters. The summed E-state index contributed by atoms with van der Waals surface area (Å²) in [5.74, 6) is 1.92. The quantitative estimate of drug-likeness (QED) is 0.827. The summed E-state index contributed by atoms with van der Waals surface area (Å²) in [7, 11) is 0. The second kappa shape index (κ2) is 6.25. The highest BCUT2D eigenvalue weighted by atomic mass is 16.2. The molecule has 0 bridgehead atoms. The van der Waals surface area contributed by atoms with Crippen LogP contribution in [0.2, 0.25) is 0 Å². The van der Waals surface area contributed by atoms with Crippen LogP contribution in [-0.4, -0.2) is 18.0 Å². The van der Waals surface area contributed by atoms with Gasteiger partial charge in [-0.15, -0.1) is 0 Å². The fourth-order valence-electron chi connectivity index (χ4n) is 3.03. The highest BCUT2D eigenvalue weighted by molar-refractivity contribution is 5.82. The van der Waals surface area contributed by atoms with Gasteiger partial charge in [-0.05, 0) is 36.0 Å². The number of amides is 1. The third-order valence-electron chi connectivity index (χ3n) is 4.57. The highest BCUT2D eigenvalue weighted by Crippen LogP contribution is 2.33. The van der Waals surface area contributed by atoms with Gasteiger partial charge in [0.2, 0.25) is 5.91 Å². The SMILES string of the molecule is CC1CCC(C(C)C)C(NC(=O)[C@@H](N)C(C)(C)C)C1. The number of rotatable bonds is 3. The zero-order valence-corrected chi connectivity index (χ0v) is 13.5. The molecule has 0 heterocycles. The van der Waals surface area contributed by atoms with Gasteiger partial charge in [0, 0.05) is 6.04 Å². The van der Waals surface area contributed by atoms with Crippen LogP contribution < -0.4 is 11.1 Å². The first-order valence-electron chi connectivity index (χ1n) is 7.69. The lowest BCUT2D eigenvalue weighted by Crippen LogP contribution is -2.54. The van der Waals surface area contributed by atoms with Gasteiger partial charge >= 0.3 is 0 Å². The Balaban J connectivity index is 2.69. The van der Waals surface area contributed by atoms with Crippen molar-refractivity contribution in [3.63, 3.8) is 0 Å². The van der Waals surface area contributed by atoms with E-state index in [0.29, 0.717) is 23.8 Å². The molecule has 3 nitrogen and oxygen atoms in total. The molecule has 1 fully saturated rings. The molecule has 0 radical (unpaired) electrons. The average molecular weight is 268 g/mol. The predicted molar refractivity (Wildman–Crippen MR) is 80.7 cm³/mol. The van der Waals surface area contributed by atoms with E-state index < -0.39 is 6.04 Å². The molecule has 1 aliphatic rings. The monoisotopic (exact) mass is 268 g/mol. The number of carbonyl (C=O) groups is 1. The van der Waals surface area contributed by atoms with Crippen LogP contribution in [-0.2, 0) is 4.79 Å². The lowest BCUT2D eigenvalue weighted by atomic mass is 9.73. The van der Waals surface area contributed by atoms with Crippen molar-refractivity contribution < 1.29 is 4.79 Å². The number of nitrogens with one attached hydrogen (secondary N) is 1. The third kappa shape index (κ3) is 4.48. The summed E-state index contributed by atoms with van der Waals surface area (Å²) in [6.45, 7) is 12.8. The molecule has 19 heavy (non-hydrogen) atoms. The van der Waals surface area contributed by atoms with Gasteiger partial charge < -0.3 is 11.1 Å². The van der Waals surface area contributed by atoms with Crippen molar-refractivity contribution in [2.45, 2.75) is 72.9 Å². The van der Waals surface area contributed by atoms with Gasteiger partial charge in [-0.25, -0.2) is 0 Å². The smallest absolute Gasteiger partial charge is 0.237 e. The lowest BCUT2D eigenvalue weighted by molar-refractivity contribution is -0.126. The number of hydrogen-bond acceptors (Lipinski definition) is 2.